The SMILES string of the molecule is Cc1ccc2nc(-c3ccc(Br)s3)nn2c1. The fourth-order valence-electron chi connectivity index (χ4n) is 1.52. The molecule has 3 heterocycles. The van der Waals surface area contributed by atoms with Gasteiger partial charge in [0.25, 0.3) is 0 Å². The molecule has 16 heavy (non-hydrogen) atoms. The van der Waals surface area contributed by atoms with Crippen LogP contribution in [0.4, 0.5) is 0 Å². The lowest BCUT2D eigenvalue weighted by Gasteiger charge is -1.91. The number of aryl methyl sites for hydroxylation is 1. The highest BCUT2D eigenvalue weighted by Crippen LogP contribution is 2.29. The van der Waals surface area contributed by atoms with E-state index in [1.165, 1.54) is 5.56 Å². The maximum absolute atomic E-state index is 4.48. The van der Waals surface area contributed by atoms with Crippen LogP contribution in [0.2, 0.25) is 0 Å². The first kappa shape index (κ1) is 9.99. The van der Waals surface area contributed by atoms with Crippen LogP contribution in [0, 0.1) is 6.92 Å². The molecule has 0 spiro atoms. The summed E-state index contributed by atoms with van der Waals surface area (Å²) in [4.78, 5) is 5.56. The van der Waals surface area contributed by atoms with Crippen molar-refractivity contribution in [2.45, 2.75) is 6.92 Å². The molecule has 0 unspecified atom stereocenters. The van der Waals surface area contributed by atoms with Crippen LogP contribution in [0.5, 0.6) is 0 Å². The van der Waals surface area contributed by atoms with Gasteiger partial charge in [0.2, 0.25) is 0 Å². The van der Waals surface area contributed by atoms with Gasteiger partial charge in [0.05, 0.1) is 8.66 Å². The quantitative estimate of drug-likeness (QED) is 0.687. The molecule has 0 aliphatic carbocycles. The highest BCUT2D eigenvalue weighted by molar-refractivity contribution is 9.11. The zero-order valence-corrected chi connectivity index (χ0v) is 10.9. The van der Waals surface area contributed by atoms with Crippen molar-refractivity contribution in [1.82, 2.24) is 14.6 Å². The predicted octanol–water partition coefficient (Wildman–Crippen LogP) is 3.53. The lowest BCUT2D eigenvalue weighted by molar-refractivity contribution is 0.957. The van der Waals surface area contributed by atoms with Gasteiger partial charge >= 0.3 is 0 Å². The molecular formula is C11H8BrN3S. The Morgan fingerprint density at radius 1 is 1.25 bits per heavy atom. The first-order valence-corrected chi connectivity index (χ1v) is 6.42. The third kappa shape index (κ3) is 1.66. The van der Waals surface area contributed by atoms with Crippen LogP contribution in [0.1, 0.15) is 5.56 Å². The molecule has 3 aromatic rings. The molecule has 3 rings (SSSR count). The highest BCUT2D eigenvalue weighted by Gasteiger charge is 2.08. The largest absolute Gasteiger partial charge is 0.220 e. The fourth-order valence-corrected chi connectivity index (χ4v) is 2.84. The van der Waals surface area contributed by atoms with Crippen LogP contribution < -0.4 is 0 Å². The van der Waals surface area contributed by atoms with E-state index in [1.54, 1.807) is 11.3 Å². The number of nitrogens with zero attached hydrogens (tertiary/aromatic N) is 3. The van der Waals surface area contributed by atoms with E-state index < -0.39 is 0 Å². The second-order valence-electron chi connectivity index (χ2n) is 3.55. The lowest BCUT2D eigenvalue weighted by atomic mass is 10.3. The monoisotopic (exact) mass is 293 g/mol. The van der Waals surface area contributed by atoms with Crippen LogP contribution in [0.3, 0.4) is 0 Å². The summed E-state index contributed by atoms with van der Waals surface area (Å²) in [5, 5.41) is 4.45. The first-order valence-electron chi connectivity index (χ1n) is 4.81. The van der Waals surface area contributed by atoms with Crippen LogP contribution in [-0.2, 0) is 0 Å². The van der Waals surface area contributed by atoms with Gasteiger partial charge in [-0.1, -0.05) is 6.07 Å². The molecule has 0 atom stereocenters. The Morgan fingerprint density at radius 3 is 2.88 bits per heavy atom. The molecule has 0 fully saturated rings. The van der Waals surface area contributed by atoms with Gasteiger partial charge in [-0.3, -0.25) is 0 Å². The van der Waals surface area contributed by atoms with Crippen LogP contribution in [0.25, 0.3) is 16.3 Å². The summed E-state index contributed by atoms with van der Waals surface area (Å²) in [5.74, 6) is 0.779. The molecular weight excluding hydrogens is 286 g/mol. The average molecular weight is 294 g/mol. The number of aromatic nitrogens is 3. The molecule has 0 radical (unpaired) electrons. The van der Waals surface area contributed by atoms with Gasteiger partial charge in [-0.15, -0.1) is 16.4 Å². The molecule has 0 aromatic carbocycles. The normalized spacial score (nSPS) is 11.1. The van der Waals surface area contributed by atoms with Crippen molar-refractivity contribution in [3.63, 3.8) is 0 Å². The minimum Gasteiger partial charge on any atom is -0.220 e. The summed E-state index contributed by atoms with van der Waals surface area (Å²) in [6, 6.07) is 8.06. The molecule has 0 aliphatic heterocycles. The van der Waals surface area contributed by atoms with Gasteiger partial charge in [0, 0.05) is 6.20 Å². The summed E-state index contributed by atoms with van der Waals surface area (Å²) in [7, 11) is 0. The van der Waals surface area contributed by atoms with Crippen molar-refractivity contribution < 1.29 is 0 Å². The van der Waals surface area contributed by atoms with Gasteiger partial charge in [0.15, 0.2) is 11.5 Å². The Morgan fingerprint density at radius 2 is 2.12 bits per heavy atom. The van der Waals surface area contributed by atoms with E-state index in [2.05, 4.69) is 26.0 Å². The fraction of sp³-hybridized carbons (Fsp3) is 0.0909. The molecule has 5 heteroatoms. The van der Waals surface area contributed by atoms with Crippen molar-refractivity contribution in [3.8, 4) is 10.7 Å². The van der Waals surface area contributed by atoms with Gasteiger partial charge in [0.1, 0.15) is 0 Å². The summed E-state index contributed by atoms with van der Waals surface area (Å²) < 4.78 is 2.91. The Hall–Kier alpha value is -1.20. The molecule has 0 saturated carbocycles. The number of halogens is 1. The van der Waals surface area contributed by atoms with E-state index in [1.807, 2.05) is 41.9 Å². The molecule has 0 N–H and O–H groups in total. The smallest absolute Gasteiger partial charge is 0.192 e. The minimum atomic E-state index is 0.779. The summed E-state index contributed by atoms with van der Waals surface area (Å²) in [6.07, 6.45) is 1.98. The lowest BCUT2D eigenvalue weighted by Crippen LogP contribution is -1.87. The van der Waals surface area contributed by atoms with Crippen molar-refractivity contribution in [3.05, 3.63) is 39.8 Å². The number of hydrogen-bond acceptors (Lipinski definition) is 3. The Balaban J connectivity index is 2.18. The first-order chi connectivity index (χ1) is 7.72. The van der Waals surface area contributed by atoms with Gasteiger partial charge in [-0.2, -0.15) is 0 Å². The van der Waals surface area contributed by atoms with E-state index in [0.717, 1.165) is 20.1 Å². The van der Waals surface area contributed by atoms with Crippen molar-refractivity contribution in [2.75, 3.05) is 0 Å². The van der Waals surface area contributed by atoms with Gasteiger partial charge in [-0.05, 0) is 46.6 Å². The molecule has 0 saturated heterocycles. The van der Waals surface area contributed by atoms with Crippen molar-refractivity contribution >= 4 is 32.9 Å². The van der Waals surface area contributed by atoms with Crippen molar-refractivity contribution in [1.29, 1.82) is 0 Å². The maximum Gasteiger partial charge on any atom is 0.192 e. The van der Waals surface area contributed by atoms with Gasteiger partial charge in [-0.25, -0.2) is 9.50 Å². The van der Waals surface area contributed by atoms with Crippen LogP contribution >= 0.6 is 27.3 Å². The maximum atomic E-state index is 4.48. The van der Waals surface area contributed by atoms with E-state index in [0.29, 0.717) is 0 Å². The number of rotatable bonds is 1. The topological polar surface area (TPSA) is 30.2 Å². The Bertz CT molecular complexity index is 656. The molecule has 0 bridgehead atoms. The second kappa shape index (κ2) is 3.68. The van der Waals surface area contributed by atoms with E-state index in [4.69, 9.17) is 0 Å². The van der Waals surface area contributed by atoms with E-state index >= 15 is 0 Å². The molecule has 3 aromatic heterocycles. The third-order valence-corrected chi connectivity index (χ3v) is 3.89. The molecule has 3 nitrogen and oxygen atoms in total. The predicted molar refractivity (Wildman–Crippen MR) is 68.7 cm³/mol. The number of hydrogen-bond donors (Lipinski definition) is 0. The molecule has 80 valence electrons. The van der Waals surface area contributed by atoms with Gasteiger partial charge < -0.3 is 0 Å². The number of pyridine rings is 1. The summed E-state index contributed by atoms with van der Waals surface area (Å²) >= 11 is 5.08. The average Bonchev–Trinajstić information content (AvgIpc) is 2.83. The minimum absolute atomic E-state index is 0.779. The standard InChI is InChI=1S/C11H8BrN3S/c1-7-2-5-10-13-11(14-15(10)6-7)8-3-4-9(12)16-8/h2-6H,1H3. The Labute approximate surface area is 105 Å². The van der Waals surface area contributed by atoms with Crippen molar-refractivity contribution in [2.24, 2.45) is 0 Å². The van der Waals surface area contributed by atoms with E-state index in [-0.39, 0.29) is 0 Å². The molecule has 0 aliphatic rings. The van der Waals surface area contributed by atoms with E-state index in [9.17, 15) is 0 Å². The highest BCUT2D eigenvalue weighted by atomic mass is 79.9. The third-order valence-electron chi connectivity index (χ3n) is 2.27. The number of thiophene rings is 1. The summed E-state index contributed by atoms with van der Waals surface area (Å²) in [6.45, 7) is 2.04. The number of fused-ring (bicyclic) bond motifs is 1. The summed E-state index contributed by atoms with van der Waals surface area (Å²) in [5.41, 5.74) is 2.06. The van der Waals surface area contributed by atoms with Crippen LogP contribution in [-0.4, -0.2) is 14.6 Å². The Kier molecular flexibility index (Phi) is 2.29. The zero-order valence-electron chi connectivity index (χ0n) is 8.51. The zero-order chi connectivity index (χ0) is 11.1. The van der Waals surface area contributed by atoms with Crippen LogP contribution in [0.15, 0.2) is 34.2 Å². The molecule has 0 amide bonds. The second-order valence-corrected chi connectivity index (χ2v) is 6.01.